The number of fused-ring (bicyclic) bond motifs is 3. The molecule has 0 heterocycles. The monoisotopic (exact) mass is 539 g/mol. The average Bonchev–Trinajstić information content (AvgIpc) is 2.79. The molecule has 1 aromatic carbocycles. The van der Waals surface area contributed by atoms with E-state index < -0.39 is 63.6 Å². The number of Topliss-reactive ketones (excluding diaryl/α,β-unsaturated/α-hetero) is 2. The maximum Gasteiger partial charge on any atom is 0.255 e. The Hall–Kier alpha value is -3.96. The van der Waals surface area contributed by atoms with Crippen molar-refractivity contribution in [3.63, 3.8) is 0 Å². The van der Waals surface area contributed by atoms with Crippen LogP contribution >= 0.6 is 0 Å². The molecule has 4 rings (SSSR count). The van der Waals surface area contributed by atoms with Gasteiger partial charge in [-0.25, -0.2) is 0 Å². The van der Waals surface area contributed by atoms with E-state index in [1.54, 1.807) is 20.2 Å². The van der Waals surface area contributed by atoms with Gasteiger partial charge >= 0.3 is 0 Å². The number of rotatable bonds is 4. The Morgan fingerprint density at radius 2 is 1.79 bits per heavy atom. The molecule has 39 heavy (non-hydrogen) atoms. The first kappa shape index (κ1) is 28.1. The molecule has 0 saturated heterocycles. The first-order chi connectivity index (χ1) is 18.0. The van der Waals surface area contributed by atoms with E-state index in [9.17, 15) is 39.6 Å². The number of hydrogen-bond acceptors (Lipinski definition) is 9. The number of aromatic hydroxyl groups is 1. The lowest BCUT2D eigenvalue weighted by molar-refractivity contribution is -0.148. The van der Waals surface area contributed by atoms with E-state index >= 15 is 0 Å². The number of benzene rings is 1. The molecule has 7 N–H and O–H groups in total. The summed E-state index contributed by atoms with van der Waals surface area (Å²) in [6, 6.07) is 1.78. The molecule has 0 saturated carbocycles. The molecule has 0 bridgehead atoms. The molecule has 4 atom stereocenters. The van der Waals surface area contributed by atoms with E-state index in [4.69, 9.17) is 5.73 Å². The van der Waals surface area contributed by atoms with E-state index in [0.29, 0.717) is 11.1 Å². The van der Waals surface area contributed by atoms with Crippen LogP contribution in [0.2, 0.25) is 0 Å². The number of nitrogens with zero attached hydrogens (tertiary/aromatic N) is 1. The summed E-state index contributed by atoms with van der Waals surface area (Å²) in [7, 11) is 3.13. The Labute approximate surface area is 225 Å². The van der Waals surface area contributed by atoms with E-state index in [0.717, 1.165) is 0 Å². The quantitative estimate of drug-likeness (QED) is 0.240. The molecule has 1 aromatic rings. The number of aliphatic hydroxyl groups excluding tert-OH is 2. The van der Waals surface area contributed by atoms with E-state index in [2.05, 4.69) is 5.32 Å². The summed E-state index contributed by atoms with van der Waals surface area (Å²) in [4.78, 5) is 52.9. The average molecular weight is 540 g/mol. The van der Waals surface area contributed by atoms with Crippen LogP contribution in [0.15, 0.2) is 40.9 Å². The smallest absolute Gasteiger partial charge is 0.255 e. The predicted molar refractivity (Wildman–Crippen MR) is 141 cm³/mol. The molecular weight excluding hydrogens is 506 g/mol. The Kier molecular flexibility index (Phi) is 6.73. The molecular formula is C28H33N3O8. The second-order valence-electron chi connectivity index (χ2n) is 11.6. The lowest BCUT2D eigenvalue weighted by atomic mass is 9.58. The van der Waals surface area contributed by atoms with E-state index in [-0.39, 0.29) is 35.6 Å². The van der Waals surface area contributed by atoms with E-state index in [1.165, 1.54) is 23.1 Å². The van der Waals surface area contributed by atoms with Crippen LogP contribution in [0.3, 0.4) is 0 Å². The minimum absolute atomic E-state index is 0.0188. The number of aliphatic hydroxyl groups is 3. The summed E-state index contributed by atoms with van der Waals surface area (Å²) in [5.41, 5.74) is 1.92. The topological polar surface area (TPSA) is 190 Å². The molecule has 11 heteroatoms. The van der Waals surface area contributed by atoms with E-state index in [1.807, 2.05) is 20.8 Å². The number of primary amides is 1. The van der Waals surface area contributed by atoms with Crippen LogP contribution in [-0.2, 0) is 20.8 Å². The SMILES string of the molecule is CN(C)[C@H]1C(O)=C(C(N)=O)C(=O)[C@]2(O)C(O)=C3C(=O)c4c(O)ccc(/C=C/C(=O)NC(C)(C)C)c4C[C@@H]3C[C@H]12. The third-order valence-corrected chi connectivity index (χ3v) is 7.55. The third kappa shape index (κ3) is 4.41. The number of carbonyl (C=O) groups excluding carboxylic acids is 4. The van der Waals surface area contributed by atoms with Gasteiger partial charge in [0.05, 0.1) is 11.6 Å². The lowest BCUT2D eigenvalue weighted by Crippen LogP contribution is -2.63. The van der Waals surface area contributed by atoms with Gasteiger partial charge in [0.15, 0.2) is 11.4 Å². The van der Waals surface area contributed by atoms with Gasteiger partial charge in [0.2, 0.25) is 11.7 Å². The van der Waals surface area contributed by atoms with Gasteiger partial charge in [-0.15, -0.1) is 0 Å². The lowest BCUT2D eigenvalue weighted by Gasteiger charge is -2.50. The summed E-state index contributed by atoms with van der Waals surface area (Å²) in [6.45, 7) is 5.50. The number of ketones is 2. The summed E-state index contributed by atoms with van der Waals surface area (Å²) in [5.74, 6) is -7.43. The zero-order valence-corrected chi connectivity index (χ0v) is 22.4. The maximum absolute atomic E-state index is 13.7. The van der Waals surface area contributed by atoms with Crippen molar-refractivity contribution in [2.75, 3.05) is 14.1 Å². The molecule has 0 spiro atoms. The van der Waals surface area contributed by atoms with Crippen LogP contribution < -0.4 is 11.1 Å². The second kappa shape index (κ2) is 9.35. The van der Waals surface area contributed by atoms with Gasteiger partial charge in [-0.1, -0.05) is 6.07 Å². The molecule has 3 aliphatic carbocycles. The molecule has 0 unspecified atom stereocenters. The van der Waals surface area contributed by atoms with Crippen molar-refractivity contribution in [2.24, 2.45) is 17.6 Å². The minimum Gasteiger partial charge on any atom is -0.510 e. The number of nitrogens with two attached hydrogens (primary N) is 1. The maximum atomic E-state index is 13.7. The summed E-state index contributed by atoms with van der Waals surface area (Å²) < 4.78 is 0. The number of nitrogens with one attached hydrogen (secondary N) is 1. The van der Waals surface area contributed by atoms with Crippen molar-refractivity contribution in [2.45, 2.75) is 50.8 Å². The number of likely N-dealkylation sites (N-methyl/N-ethyl adjacent to an activating group) is 1. The highest BCUT2D eigenvalue weighted by Crippen LogP contribution is 2.52. The van der Waals surface area contributed by atoms with Gasteiger partial charge in [-0.3, -0.25) is 24.1 Å². The number of phenols is 1. The Morgan fingerprint density at radius 3 is 2.36 bits per heavy atom. The number of hydrogen-bond donors (Lipinski definition) is 6. The largest absolute Gasteiger partial charge is 0.510 e. The van der Waals surface area contributed by atoms with Gasteiger partial charge in [0, 0.05) is 23.1 Å². The molecule has 0 aliphatic heterocycles. The highest BCUT2D eigenvalue weighted by atomic mass is 16.3. The second-order valence-corrected chi connectivity index (χ2v) is 11.6. The molecule has 0 aromatic heterocycles. The molecule has 2 amide bonds. The summed E-state index contributed by atoms with van der Waals surface area (Å²) in [5, 5.41) is 47.2. The fourth-order valence-electron chi connectivity index (χ4n) is 6.01. The van der Waals surface area contributed by atoms with Crippen molar-refractivity contribution in [1.29, 1.82) is 0 Å². The van der Waals surface area contributed by atoms with Gasteiger partial charge in [-0.05, 0) is 76.9 Å². The van der Waals surface area contributed by atoms with Gasteiger partial charge in [0.1, 0.15) is 22.8 Å². The van der Waals surface area contributed by atoms with Crippen LogP contribution in [0.25, 0.3) is 6.08 Å². The van der Waals surface area contributed by atoms with Crippen molar-refractivity contribution in [3.05, 3.63) is 57.6 Å². The number of amides is 2. The summed E-state index contributed by atoms with van der Waals surface area (Å²) >= 11 is 0. The number of phenolic OH excluding ortho intramolecular Hbond substituents is 1. The first-order valence-corrected chi connectivity index (χ1v) is 12.5. The normalized spacial score (nSPS) is 27.0. The Balaban J connectivity index is 1.85. The van der Waals surface area contributed by atoms with Crippen molar-refractivity contribution >= 4 is 29.5 Å². The fraction of sp³-hybridized carbons (Fsp3) is 0.429. The van der Waals surface area contributed by atoms with Crippen LogP contribution in [0.1, 0.15) is 48.7 Å². The minimum atomic E-state index is -2.69. The molecule has 3 aliphatic rings. The zero-order valence-electron chi connectivity index (χ0n) is 22.4. The highest BCUT2D eigenvalue weighted by Gasteiger charge is 2.63. The van der Waals surface area contributed by atoms with Crippen LogP contribution in [0, 0.1) is 11.8 Å². The molecule has 11 nitrogen and oxygen atoms in total. The van der Waals surface area contributed by atoms with Gasteiger partial charge in [0.25, 0.3) is 5.91 Å². The first-order valence-electron chi connectivity index (χ1n) is 12.5. The Bertz CT molecular complexity index is 1400. The molecule has 0 radical (unpaired) electrons. The van der Waals surface area contributed by atoms with Crippen LogP contribution in [0.4, 0.5) is 0 Å². The molecule has 0 fully saturated rings. The predicted octanol–water partition coefficient (Wildman–Crippen LogP) is 1.05. The van der Waals surface area contributed by atoms with Gasteiger partial charge in [-0.2, -0.15) is 0 Å². The summed E-state index contributed by atoms with van der Waals surface area (Å²) in [6.07, 6.45) is 2.96. The zero-order chi connectivity index (χ0) is 29.2. The van der Waals surface area contributed by atoms with Crippen molar-refractivity contribution in [3.8, 4) is 5.75 Å². The highest BCUT2D eigenvalue weighted by molar-refractivity contribution is 6.24. The number of allylic oxidation sites excluding steroid dienone is 1. The fourth-order valence-corrected chi connectivity index (χ4v) is 6.01. The van der Waals surface area contributed by atoms with Crippen LogP contribution in [0.5, 0.6) is 5.75 Å². The third-order valence-electron chi connectivity index (χ3n) is 7.55. The van der Waals surface area contributed by atoms with Crippen molar-refractivity contribution in [1.82, 2.24) is 10.2 Å². The van der Waals surface area contributed by atoms with Crippen molar-refractivity contribution < 1.29 is 39.6 Å². The van der Waals surface area contributed by atoms with Gasteiger partial charge < -0.3 is 31.5 Å². The van der Waals surface area contributed by atoms with Crippen LogP contribution in [-0.4, -0.2) is 80.0 Å². The molecule has 208 valence electrons. The standard InChI is InChI=1S/C28H33N3O8/c1-27(2,3)30-17(33)9-7-12-6-8-16(32)19-14(12)10-13-11-15-21(31(4)5)23(35)20(26(29)38)25(37)28(15,39)24(36)18(13)22(19)34/h6-9,13,15,21,32,35-36,39H,10-11H2,1-5H3,(H2,29,38)(H,30,33)/b9-7+/t13-,15-,21-,28-/m1/s1. The number of carbonyl (C=O) groups is 4. The Morgan fingerprint density at radius 1 is 1.15 bits per heavy atom.